The molecule has 1 aromatic carbocycles. The van der Waals surface area contributed by atoms with Gasteiger partial charge in [-0.1, -0.05) is 0 Å². The molecule has 2 aliphatic rings. The predicted molar refractivity (Wildman–Crippen MR) is 120 cm³/mol. The summed E-state index contributed by atoms with van der Waals surface area (Å²) in [5.74, 6) is -0.779. The fraction of sp³-hybridized carbons (Fsp3) is 0.538. The number of rotatable bonds is 9. The van der Waals surface area contributed by atoms with E-state index in [0.29, 0.717) is 35.3 Å². The minimum Gasteiger partial charge on any atom is -0.497 e. The van der Waals surface area contributed by atoms with Gasteiger partial charge in [0, 0.05) is 18.2 Å². The second kappa shape index (κ2) is 9.65. The van der Waals surface area contributed by atoms with E-state index in [1.807, 2.05) is 0 Å². The maximum absolute atomic E-state index is 15.0. The molecule has 0 spiro atoms. The Bertz CT molecular complexity index is 984. The lowest BCUT2D eigenvalue weighted by Crippen LogP contribution is -2.38. The quantitative estimate of drug-likeness (QED) is 0.507. The Morgan fingerprint density at radius 1 is 1.18 bits per heavy atom. The molecule has 2 atom stereocenters. The topological polar surface area (TPSA) is 68.7 Å². The van der Waals surface area contributed by atoms with Gasteiger partial charge in [0.15, 0.2) is 0 Å². The molecule has 0 aliphatic heterocycles. The number of aromatic nitrogens is 1. The largest absolute Gasteiger partial charge is 0.497 e. The third-order valence-corrected chi connectivity index (χ3v) is 7.17. The van der Waals surface area contributed by atoms with Crippen LogP contribution in [0.4, 0.5) is 8.78 Å². The van der Waals surface area contributed by atoms with Crippen LogP contribution in [-0.2, 0) is 4.79 Å². The summed E-state index contributed by atoms with van der Waals surface area (Å²) in [6, 6.07) is 8.25. The Hall–Kier alpha value is -2.70. The number of benzene rings is 1. The average Bonchev–Trinajstić information content (AvgIpc) is 3.63. The lowest BCUT2D eigenvalue weighted by Gasteiger charge is -2.29. The van der Waals surface area contributed by atoms with Gasteiger partial charge in [-0.3, -0.25) is 0 Å². The van der Waals surface area contributed by atoms with Crippen LogP contribution in [-0.4, -0.2) is 35.4 Å². The maximum atomic E-state index is 15.0. The Balaban J connectivity index is 1.36. The van der Waals surface area contributed by atoms with Crippen LogP contribution in [0, 0.1) is 17.7 Å². The van der Waals surface area contributed by atoms with Crippen molar-refractivity contribution in [2.45, 2.75) is 63.0 Å². The third kappa shape index (κ3) is 5.28. The van der Waals surface area contributed by atoms with Crippen LogP contribution in [0.2, 0.25) is 0 Å². The van der Waals surface area contributed by atoms with Crippen molar-refractivity contribution in [3.05, 3.63) is 53.5 Å². The Morgan fingerprint density at radius 2 is 1.91 bits per heavy atom. The second-order valence-corrected chi connectivity index (χ2v) is 9.54. The monoisotopic (exact) mass is 459 g/mol. The highest BCUT2D eigenvalue weighted by atomic mass is 19.1. The molecule has 2 saturated carbocycles. The van der Waals surface area contributed by atoms with E-state index in [4.69, 9.17) is 9.47 Å². The van der Waals surface area contributed by atoms with Crippen molar-refractivity contribution in [2.24, 2.45) is 11.8 Å². The normalized spacial score (nSPS) is 23.4. The molecule has 0 saturated heterocycles. The number of carboxylic acid groups (broad SMARTS) is 1. The zero-order chi connectivity index (χ0) is 23.6. The maximum Gasteiger partial charge on any atom is 0.341 e. The molecule has 0 radical (unpaired) electrons. The van der Waals surface area contributed by atoms with Crippen LogP contribution >= 0.6 is 0 Å². The summed E-state index contributed by atoms with van der Waals surface area (Å²) >= 11 is 0. The van der Waals surface area contributed by atoms with E-state index in [0.717, 1.165) is 45.4 Å². The summed E-state index contributed by atoms with van der Waals surface area (Å²) in [6.07, 6.45) is 6.77. The van der Waals surface area contributed by atoms with Gasteiger partial charge in [0.1, 0.15) is 11.6 Å². The SMILES string of the molecule is COc1ccc(F)c(C2CCC(COc3cc(C(C4CC4)C(C)(F)C(=O)O)ccn3)CC2)c1. The summed E-state index contributed by atoms with van der Waals surface area (Å²) in [5.41, 5.74) is -1.01. The first kappa shape index (κ1) is 23.5. The van der Waals surface area contributed by atoms with E-state index in [1.165, 1.54) is 6.07 Å². The lowest BCUT2D eigenvalue weighted by atomic mass is 9.79. The molecule has 1 aromatic heterocycles. The van der Waals surface area contributed by atoms with Crippen molar-refractivity contribution in [3.63, 3.8) is 0 Å². The van der Waals surface area contributed by atoms with E-state index in [1.54, 1.807) is 37.6 Å². The zero-order valence-corrected chi connectivity index (χ0v) is 19.1. The van der Waals surface area contributed by atoms with E-state index >= 15 is 4.39 Å². The molecule has 2 aromatic rings. The number of halogens is 2. The van der Waals surface area contributed by atoms with Crippen LogP contribution < -0.4 is 9.47 Å². The summed E-state index contributed by atoms with van der Waals surface area (Å²) in [4.78, 5) is 15.8. The number of methoxy groups -OCH3 is 1. The smallest absolute Gasteiger partial charge is 0.341 e. The van der Waals surface area contributed by atoms with Gasteiger partial charge in [0.05, 0.1) is 13.7 Å². The lowest BCUT2D eigenvalue weighted by molar-refractivity contribution is -0.151. The van der Waals surface area contributed by atoms with Crippen LogP contribution in [0.25, 0.3) is 0 Å². The molecule has 0 bridgehead atoms. The first-order valence-electron chi connectivity index (χ1n) is 11.6. The van der Waals surface area contributed by atoms with Gasteiger partial charge in [-0.2, -0.15) is 0 Å². The average molecular weight is 460 g/mol. The zero-order valence-electron chi connectivity index (χ0n) is 19.1. The molecular formula is C26H31F2NO4. The molecule has 5 nitrogen and oxygen atoms in total. The van der Waals surface area contributed by atoms with Crippen molar-refractivity contribution in [1.29, 1.82) is 0 Å². The van der Waals surface area contributed by atoms with E-state index in [9.17, 15) is 14.3 Å². The van der Waals surface area contributed by atoms with E-state index < -0.39 is 17.6 Å². The Kier molecular flexibility index (Phi) is 6.86. The summed E-state index contributed by atoms with van der Waals surface area (Å²) in [7, 11) is 1.58. The highest BCUT2D eigenvalue weighted by Crippen LogP contribution is 2.50. The second-order valence-electron chi connectivity index (χ2n) is 9.54. The number of nitrogens with zero attached hydrogens (tertiary/aromatic N) is 1. The first-order chi connectivity index (χ1) is 15.8. The van der Waals surface area contributed by atoms with Crippen LogP contribution in [0.1, 0.15) is 68.4 Å². The number of carbonyl (C=O) groups is 1. The molecule has 1 N–H and O–H groups in total. The third-order valence-electron chi connectivity index (χ3n) is 7.17. The molecule has 2 unspecified atom stereocenters. The van der Waals surface area contributed by atoms with Crippen molar-refractivity contribution in [3.8, 4) is 11.6 Å². The number of aliphatic carboxylic acids is 1. The van der Waals surface area contributed by atoms with E-state index in [2.05, 4.69) is 4.98 Å². The van der Waals surface area contributed by atoms with Gasteiger partial charge in [0.25, 0.3) is 0 Å². The molecule has 2 fully saturated rings. The van der Waals surface area contributed by atoms with Gasteiger partial charge in [0.2, 0.25) is 11.5 Å². The first-order valence-corrected chi connectivity index (χ1v) is 11.6. The standard InChI is InChI=1S/C26H31F2NO4/c1-26(28,25(30)31)24(18-7-8-18)19-11-12-29-23(13-19)33-15-16-3-5-17(6-4-16)21-14-20(32-2)9-10-22(21)27/h9-14,16-18,24H,3-8,15H2,1-2H3,(H,30,31). The molecular weight excluding hydrogens is 428 g/mol. The van der Waals surface area contributed by atoms with Gasteiger partial charge >= 0.3 is 5.97 Å². The Morgan fingerprint density at radius 3 is 2.55 bits per heavy atom. The minimum absolute atomic E-state index is 0.0265. The summed E-state index contributed by atoms with van der Waals surface area (Å²) < 4.78 is 40.5. The van der Waals surface area contributed by atoms with E-state index in [-0.39, 0.29) is 17.7 Å². The van der Waals surface area contributed by atoms with Gasteiger partial charge < -0.3 is 14.6 Å². The molecule has 178 valence electrons. The number of hydrogen-bond acceptors (Lipinski definition) is 4. The van der Waals surface area contributed by atoms with Gasteiger partial charge in [-0.05, 0) is 98.6 Å². The molecule has 0 amide bonds. The molecule has 7 heteroatoms. The van der Waals surface area contributed by atoms with Crippen molar-refractivity contribution < 1.29 is 28.2 Å². The number of hydrogen-bond donors (Lipinski definition) is 1. The number of ether oxygens (including phenoxy) is 2. The number of pyridine rings is 1. The van der Waals surface area contributed by atoms with Crippen LogP contribution in [0.15, 0.2) is 36.5 Å². The number of alkyl halides is 1. The van der Waals surface area contributed by atoms with Gasteiger partial charge in [-0.25, -0.2) is 18.6 Å². The molecule has 1 heterocycles. The fourth-order valence-electron chi connectivity index (χ4n) is 5.09. The molecule has 4 rings (SSSR count). The van der Waals surface area contributed by atoms with Gasteiger partial charge in [-0.15, -0.1) is 0 Å². The minimum atomic E-state index is -2.34. The van der Waals surface area contributed by atoms with Crippen molar-refractivity contribution in [2.75, 3.05) is 13.7 Å². The highest BCUT2D eigenvalue weighted by Gasteiger charge is 2.50. The fourth-order valence-corrected chi connectivity index (χ4v) is 5.09. The Labute approximate surface area is 193 Å². The van der Waals surface area contributed by atoms with Crippen LogP contribution in [0.5, 0.6) is 11.6 Å². The number of carboxylic acids is 1. The highest BCUT2D eigenvalue weighted by molar-refractivity contribution is 5.78. The summed E-state index contributed by atoms with van der Waals surface area (Å²) in [5, 5.41) is 9.39. The molecule has 33 heavy (non-hydrogen) atoms. The predicted octanol–water partition coefficient (Wildman–Crippen LogP) is 5.89. The van der Waals surface area contributed by atoms with Crippen molar-refractivity contribution in [1.82, 2.24) is 4.98 Å². The summed E-state index contributed by atoms with van der Waals surface area (Å²) in [6.45, 7) is 1.62. The van der Waals surface area contributed by atoms with Crippen LogP contribution in [0.3, 0.4) is 0 Å². The van der Waals surface area contributed by atoms with Crippen molar-refractivity contribution >= 4 is 5.97 Å². The molecule has 2 aliphatic carbocycles.